The van der Waals surface area contributed by atoms with Crippen molar-refractivity contribution in [2.24, 2.45) is 0 Å². The van der Waals surface area contributed by atoms with Gasteiger partial charge in [-0.2, -0.15) is 0 Å². The van der Waals surface area contributed by atoms with Gasteiger partial charge in [-0.15, -0.1) is 0 Å². The summed E-state index contributed by atoms with van der Waals surface area (Å²) in [6.45, 7) is 2.52. The predicted octanol–water partition coefficient (Wildman–Crippen LogP) is 2.06. The first-order valence-corrected chi connectivity index (χ1v) is 6.16. The third-order valence-corrected chi connectivity index (χ3v) is 3.22. The standard InChI is InChI=1S/C11H12Cl2N4O/c1-2-15-10(18)5-17-9-4-7(13)6(12)3-8(9)16-11(17)14/h3-4H,2,5H2,1H3,(H2,14,16)(H,15,18). The van der Waals surface area contributed by atoms with Crippen molar-refractivity contribution in [3.8, 4) is 0 Å². The van der Waals surface area contributed by atoms with Gasteiger partial charge in [0.05, 0.1) is 21.1 Å². The Morgan fingerprint density at radius 2 is 2.11 bits per heavy atom. The molecule has 0 bridgehead atoms. The van der Waals surface area contributed by atoms with Crippen LogP contribution in [0.5, 0.6) is 0 Å². The van der Waals surface area contributed by atoms with E-state index in [0.29, 0.717) is 27.6 Å². The Morgan fingerprint density at radius 3 is 2.78 bits per heavy atom. The summed E-state index contributed by atoms with van der Waals surface area (Å²) in [7, 11) is 0. The number of halogens is 2. The van der Waals surface area contributed by atoms with Gasteiger partial charge in [0, 0.05) is 6.54 Å². The number of fused-ring (bicyclic) bond motifs is 1. The van der Waals surface area contributed by atoms with E-state index in [1.807, 2.05) is 6.92 Å². The fraction of sp³-hybridized carbons (Fsp3) is 0.273. The second kappa shape index (κ2) is 5.04. The number of rotatable bonds is 3. The van der Waals surface area contributed by atoms with Crippen molar-refractivity contribution >= 4 is 46.1 Å². The monoisotopic (exact) mass is 286 g/mol. The van der Waals surface area contributed by atoms with Crippen molar-refractivity contribution in [3.63, 3.8) is 0 Å². The molecule has 0 saturated carbocycles. The van der Waals surface area contributed by atoms with E-state index in [-0.39, 0.29) is 18.4 Å². The Balaban J connectivity index is 2.46. The normalized spacial score (nSPS) is 10.8. The lowest BCUT2D eigenvalue weighted by Crippen LogP contribution is -2.27. The summed E-state index contributed by atoms with van der Waals surface area (Å²) < 4.78 is 1.60. The molecule has 7 heteroatoms. The molecule has 0 saturated heterocycles. The largest absolute Gasteiger partial charge is 0.369 e. The van der Waals surface area contributed by atoms with E-state index in [4.69, 9.17) is 28.9 Å². The van der Waals surface area contributed by atoms with Crippen LogP contribution in [0.2, 0.25) is 10.0 Å². The molecule has 0 aliphatic rings. The van der Waals surface area contributed by atoms with Gasteiger partial charge in [0.25, 0.3) is 0 Å². The fourth-order valence-electron chi connectivity index (χ4n) is 1.70. The van der Waals surface area contributed by atoms with Crippen molar-refractivity contribution in [1.82, 2.24) is 14.9 Å². The maximum atomic E-state index is 11.6. The number of nitrogens with zero attached hydrogens (tertiary/aromatic N) is 2. The lowest BCUT2D eigenvalue weighted by atomic mass is 10.3. The number of carbonyl (C=O) groups excluding carboxylic acids is 1. The van der Waals surface area contributed by atoms with Crippen molar-refractivity contribution in [3.05, 3.63) is 22.2 Å². The highest BCUT2D eigenvalue weighted by molar-refractivity contribution is 6.42. The molecule has 1 amide bonds. The van der Waals surface area contributed by atoms with Crippen molar-refractivity contribution in [2.45, 2.75) is 13.5 Å². The quantitative estimate of drug-likeness (QED) is 0.907. The topological polar surface area (TPSA) is 72.9 Å². The number of anilines is 1. The minimum absolute atomic E-state index is 0.105. The van der Waals surface area contributed by atoms with Crippen LogP contribution >= 0.6 is 23.2 Å². The van der Waals surface area contributed by atoms with E-state index >= 15 is 0 Å². The number of nitrogens with two attached hydrogens (primary N) is 1. The summed E-state index contributed by atoms with van der Waals surface area (Å²) in [6.07, 6.45) is 0. The molecule has 0 aliphatic carbocycles. The third kappa shape index (κ3) is 2.37. The SMILES string of the molecule is CCNC(=O)Cn1c(N)nc2cc(Cl)c(Cl)cc21. The number of aromatic nitrogens is 2. The zero-order valence-corrected chi connectivity index (χ0v) is 11.2. The first kappa shape index (κ1) is 13.0. The van der Waals surface area contributed by atoms with Crippen molar-refractivity contribution < 1.29 is 4.79 Å². The van der Waals surface area contributed by atoms with E-state index in [9.17, 15) is 4.79 Å². The summed E-state index contributed by atoms with van der Waals surface area (Å²) in [6, 6.07) is 3.28. The molecule has 2 rings (SSSR count). The number of hydrogen-bond donors (Lipinski definition) is 2. The minimum Gasteiger partial charge on any atom is -0.369 e. The summed E-state index contributed by atoms with van der Waals surface area (Å²) in [5.74, 6) is 0.129. The molecule has 18 heavy (non-hydrogen) atoms. The number of nitrogen functional groups attached to an aromatic ring is 1. The van der Waals surface area contributed by atoms with Gasteiger partial charge in [-0.1, -0.05) is 23.2 Å². The number of benzene rings is 1. The van der Waals surface area contributed by atoms with Crippen molar-refractivity contribution in [2.75, 3.05) is 12.3 Å². The molecule has 3 N–H and O–H groups in total. The Hall–Kier alpha value is -1.46. The molecule has 5 nitrogen and oxygen atoms in total. The number of nitrogens with one attached hydrogen (secondary N) is 1. The molecule has 2 aromatic rings. The highest BCUT2D eigenvalue weighted by Gasteiger charge is 2.13. The molecule has 1 aromatic carbocycles. The molecule has 96 valence electrons. The molecule has 0 atom stereocenters. The zero-order valence-electron chi connectivity index (χ0n) is 9.70. The van der Waals surface area contributed by atoms with Crippen LogP contribution in [0, 0.1) is 0 Å². The number of hydrogen-bond acceptors (Lipinski definition) is 3. The van der Waals surface area contributed by atoms with Crippen LogP contribution in [0.15, 0.2) is 12.1 Å². The van der Waals surface area contributed by atoms with Gasteiger partial charge in [0.15, 0.2) is 0 Å². The zero-order chi connectivity index (χ0) is 13.3. The van der Waals surface area contributed by atoms with E-state index < -0.39 is 0 Å². The van der Waals surface area contributed by atoms with Gasteiger partial charge in [-0.05, 0) is 19.1 Å². The highest BCUT2D eigenvalue weighted by atomic mass is 35.5. The first-order valence-electron chi connectivity index (χ1n) is 5.40. The molecule has 1 aromatic heterocycles. The molecular formula is C11H12Cl2N4O. The predicted molar refractivity (Wildman–Crippen MR) is 72.8 cm³/mol. The first-order chi connectivity index (χ1) is 8.52. The van der Waals surface area contributed by atoms with Crippen LogP contribution in [0.25, 0.3) is 11.0 Å². The highest BCUT2D eigenvalue weighted by Crippen LogP contribution is 2.28. The Labute approximate surface area is 114 Å². The van der Waals surface area contributed by atoms with Gasteiger partial charge in [-0.3, -0.25) is 4.79 Å². The smallest absolute Gasteiger partial charge is 0.240 e. The Morgan fingerprint density at radius 1 is 1.44 bits per heavy atom. The van der Waals surface area contributed by atoms with Gasteiger partial charge in [-0.25, -0.2) is 4.98 Å². The molecule has 1 heterocycles. The van der Waals surface area contributed by atoms with Crippen LogP contribution in [0.4, 0.5) is 5.95 Å². The number of likely N-dealkylation sites (N-methyl/N-ethyl adjacent to an activating group) is 1. The average Bonchev–Trinajstić information content (AvgIpc) is 2.57. The second-order valence-electron chi connectivity index (χ2n) is 3.76. The summed E-state index contributed by atoms with van der Waals surface area (Å²) in [4.78, 5) is 15.7. The van der Waals surface area contributed by atoms with Gasteiger partial charge in [0.2, 0.25) is 11.9 Å². The molecule has 0 fully saturated rings. The molecule has 0 spiro atoms. The third-order valence-electron chi connectivity index (χ3n) is 2.50. The van der Waals surface area contributed by atoms with Crippen LogP contribution < -0.4 is 11.1 Å². The number of imidazole rings is 1. The minimum atomic E-state index is -0.130. The Bertz CT molecular complexity index is 609. The molecule has 0 radical (unpaired) electrons. The number of amides is 1. The lowest BCUT2D eigenvalue weighted by molar-refractivity contribution is -0.121. The van der Waals surface area contributed by atoms with Gasteiger partial charge in [0.1, 0.15) is 6.54 Å². The van der Waals surface area contributed by atoms with E-state index in [1.165, 1.54) is 0 Å². The van der Waals surface area contributed by atoms with Gasteiger partial charge >= 0.3 is 0 Å². The summed E-state index contributed by atoms with van der Waals surface area (Å²) >= 11 is 11.9. The van der Waals surface area contributed by atoms with Crippen molar-refractivity contribution in [1.29, 1.82) is 0 Å². The second-order valence-corrected chi connectivity index (χ2v) is 4.58. The molecule has 0 unspecified atom stereocenters. The van der Waals surface area contributed by atoms with Crippen LogP contribution in [0.3, 0.4) is 0 Å². The maximum Gasteiger partial charge on any atom is 0.240 e. The van der Waals surface area contributed by atoms with E-state index in [1.54, 1.807) is 16.7 Å². The summed E-state index contributed by atoms with van der Waals surface area (Å²) in [5.41, 5.74) is 7.09. The van der Waals surface area contributed by atoms with Gasteiger partial charge < -0.3 is 15.6 Å². The number of carbonyl (C=O) groups is 1. The average molecular weight is 287 g/mol. The Kier molecular flexibility index (Phi) is 3.63. The van der Waals surface area contributed by atoms with Crippen LogP contribution in [-0.4, -0.2) is 22.0 Å². The van der Waals surface area contributed by atoms with Crippen LogP contribution in [0.1, 0.15) is 6.92 Å². The van der Waals surface area contributed by atoms with E-state index in [2.05, 4.69) is 10.3 Å². The lowest BCUT2D eigenvalue weighted by Gasteiger charge is -2.06. The van der Waals surface area contributed by atoms with Crippen LogP contribution in [-0.2, 0) is 11.3 Å². The molecular weight excluding hydrogens is 275 g/mol. The fourth-order valence-corrected chi connectivity index (χ4v) is 2.02. The van der Waals surface area contributed by atoms with E-state index in [0.717, 1.165) is 0 Å². The maximum absolute atomic E-state index is 11.6. The summed E-state index contributed by atoms with van der Waals surface area (Å²) in [5, 5.41) is 3.51. The molecule has 0 aliphatic heterocycles.